The van der Waals surface area contributed by atoms with Gasteiger partial charge < -0.3 is 15.4 Å². The second-order valence-corrected chi connectivity index (χ2v) is 8.50. The van der Waals surface area contributed by atoms with E-state index in [2.05, 4.69) is 16.7 Å². The lowest BCUT2D eigenvalue weighted by molar-refractivity contribution is -0.145. The molecule has 1 aliphatic carbocycles. The van der Waals surface area contributed by atoms with Crippen molar-refractivity contribution in [1.82, 2.24) is 5.32 Å². The zero-order chi connectivity index (χ0) is 21.3. The summed E-state index contributed by atoms with van der Waals surface area (Å²) in [5.41, 5.74) is 2.90. The second-order valence-electron chi connectivity index (χ2n) is 6.99. The topological polar surface area (TPSA) is 91.2 Å². The Labute approximate surface area is 185 Å². The van der Waals surface area contributed by atoms with E-state index in [1.54, 1.807) is 0 Å². The second kappa shape index (κ2) is 10.9. The summed E-state index contributed by atoms with van der Waals surface area (Å²) >= 11 is 6.69. The van der Waals surface area contributed by atoms with Gasteiger partial charge in [0.05, 0.1) is 18.6 Å². The summed E-state index contributed by atoms with van der Waals surface area (Å²) in [4.78, 5) is 25.1. The van der Waals surface area contributed by atoms with Crippen LogP contribution < -0.4 is 10.6 Å². The highest BCUT2D eigenvalue weighted by molar-refractivity contribution is 7.80. The molecule has 1 aromatic carbocycles. The normalized spacial score (nSPS) is 12.0. The molecule has 3 rings (SSSR count). The van der Waals surface area contributed by atoms with Gasteiger partial charge in [-0.05, 0) is 55.4 Å². The Morgan fingerprint density at radius 2 is 2.00 bits per heavy atom. The average Bonchev–Trinajstić information content (AvgIpc) is 3.31. The number of amides is 1. The molecule has 0 atom stereocenters. The third-order valence-corrected chi connectivity index (χ3v) is 6.20. The predicted molar refractivity (Wildman–Crippen MR) is 120 cm³/mol. The molecule has 0 saturated carbocycles. The standard InChI is InChI=1S/C22H23N3O3S2/c23-14-17-16-9-4-10-18(16)30-21(17)25-22(29)24-19(26)11-12-20(27)28-13-5-8-15-6-2-1-3-7-15/h1-3,6-7H,4-5,8-13H2,(H2,24,25,26,29). The Morgan fingerprint density at radius 1 is 1.20 bits per heavy atom. The largest absolute Gasteiger partial charge is 0.466 e. The molecule has 1 aliphatic rings. The number of fused-ring (bicyclic) bond motifs is 1. The van der Waals surface area contributed by atoms with Crippen molar-refractivity contribution in [3.05, 3.63) is 51.9 Å². The maximum Gasteiger partial charge on any atom is 0.306 e. The van der Waals surface area contributed by atoms with Crippen LogP contribution in [0, 0.1) is 11.3 Å². The zero-order valence-electron chi connectivity index (χ0n) is 16.5. The minimum absolute atomic E-state index is 0.00344. The molecule has 1 aromatic heterocycles. The number of esters is 1. The molecule has 0 saturated heterocycles. The van der Waals surface area contributed by atoms with Gasteiger partial charge in [0.25, 0.3) is 0 Å². The van der Waals surface area contributed by atoms with E-state index < -0.39 is 5.97 Å². The van der Waals surface area contributed by atoms with Gasteiger partial charge in [0.1, 0.15) is 11.1 Å². The number of nitrogens with zero attached hydrogens (tertiary/aromatic N) is 1. The highest BCUT2D eigenvalue weighted by Gasteiger charge is 2.22. The van der Waals surface area contributed by atoms with Crippen LogP contribution in [0.3, 0.4) is 0 Å². The van der Waals surface area contributed by atoms with Gasteiger partial charge in [-0.1, -0.05) is 30.3 Å². The van der Waals surface area contributed by atoms with Crippen molar-refractivity contribution in [2.24, 2.45) is 0 Å². The molecular weight excluding hydrogens is 418 g/mol. The summed E-state index contributed by atoms with van der Waals surface area (Å²) in [6, 6.07) is 12.2. The van der Waals surface area contributed by atoms with E-state index in [4.69, 9.17) is 17.0 Å². The van der Waals surface area contributed by atoms with Crippen LogP contribution in [-0.4, -0.2) is 23.6 Å². The monoisotopic (exact) mass is 441 g/mol. The van der Waals surface area contributed by atoms with Crippen molar-refractivity contribution in [3.63, 3.8) is 0 Å². The van der Waals surface area contributed by atoms with Crippen LogP contribution in [0.1, 0.15) is 47.3 Å². The first-order valence-electron chi connectivity index (χ1n) is 9.92. The third kappa shape index (κ3) is 6.12. The van der Waals surface area contributed by atoms with Crippen molar-refractivity contribution in [3.8, 4) is 6.07 Å². The quantitative estimate of drug-likeness (QED) is 0.367. The van der Waals surface area contributed by atoms with Crippen molar-refractivity contribution in [2.45, 2.75) is 44.9 Å². The lowest BCUT2D eigenvalue weighted by Gasteiger charge is -2.09. The average molecular weight is 442 g/mol. The molecule has 0 spiro atoms. The summed E-state index contributed by atoms with van der Waals surface area (Å²) in [5.74, 6) is -0.769. The first-order valence-corrected chi connectivity index (χ1v) is 11.1. The Kier molecular flexibility index (Phi) is 7.94. The maximum atomic E-state index is 12.0. The Morgan fingerprint density at radius 3 is 2.77 bits per heavy atom. The molecule has 30 heavy (non-hydrogen) atoms. The van der Waals surface area contributed by atoms with Gasteiger partial charge in [-0.15, -0.1) is 11.3 Å². The van der Waals surface area contributed by atoms with Crippen molar-refractivity contribution < 1.29 is 14.3 Å². The number of hydrogen-bond acceptors (Lipinski definition) is 6. The van der Waals surface area contributed by atoms with Crippen LogP contribution in [0.5, 0.6) is 0 Å². The SMILES string of the molecule is N#Cc1c(NC(=S)NC(=O)CCC(=O)OCCCc2ccccc2)sc2c1CCC2. The van der Waals surface area contributed by atoms with Crippen LogP contribution in [-0.2, 0) is 33.6 Å². The summed E-state index contributed by atoms with van der Waals surface area (Å²) in [6.45, 7) is 0.329. The van der Waals surface area contributed by atoms with Gasteiger partial charge in [0.15, 0.2) is 5.11 Å². The molecule has 0 fully saturated rings. The number of anilines is 1. The first kappa shape index (κ1) is 21.9. The summed E-state index contributed by atoms with van der Waals surface area (Å²) < 4.78 is 5.18. The van der Waals surface area contributed by atoms with E-state index in [0.717, 1.165) is 37.7 Å². The number of thiocarbonyl (C=S) groups is 1. The molecule has 6 nitrogen and oxygen atoms in total. The van der Waals surface area contributed by atoms with Gasteiger partial charge in [0.2, 0.25) is 5.91 Å². The number of rotatable bonds is 8. The highest BCUT2D eigenvalue weighted by Crippen LogP contribution is 2.38. The molecule has 1 amide bonds. The number of carbonyl (C=O) groups excluding carboxylic acids is 2. The molecule has 0 unspecified atom stereocenters. The molecule has 2 aromatic rings. The van der Waals surface area contributed by atoms with Crippen LogP contribution in [0.4, 0.5) is 5.00 Å². The van der Waals surface area contributed by atoms with Gasteiger partial charge in [0, 0.05) is 11.3 Å². The van der Waals surface area contributed by atoms with Gasteiger partial charge in [-0.3, -0.25) is 9.59 Å². The molecular formula is C22H23N3O3S2. The van der Waals surface area contributed by atoms with Crippen molar-refractivity contribution in [2.75, 3.05) is 11.9 Å². The van der Waals surface area contributed by atoms with Gasteiger partial charge >= 0.3 is 5.97 Å². The molecule has 8 heteroatoms. The van der Waals surface area contributed by atoms with Crippen molar-refractivity contribution >= 4 is 45.5 Å². The van der Waals surface area contributed by atoms with Crippen LogP contribution in [0.2, 0.25) is 0 Å². The minimum atomic E-state index is -0.404. The third-order valence-electron chi connectivity index (χ3n) is 4.78. The number of thiophene rings is 1. The number of benzene rings is 1. The lowest BCUT2D eigenvalue weighted by Crippen LogP contribution is -2.34. The number of hydrogen-bond donors (Lipinski definition) is 2. The highest BCUT2D eigenvalue weighted by atomic mass is 32.1. The van der Waals surface area contributed by atoms with Crippen LogP contribution >= 0.6 is 23.6 Å². The number of nitrogens with one attached hydrogen (secondary N) is 2. The summed E-state index contributed by atoms with van der Waals surface area (Å²) in [7, 11) is 0. The number of nitriles is 1. The maximum absolute atomic E-state index is 12.0. The first-order chi connectivity index (χ1) is 14.6. The summed E-state index contributed by atoms with van der Waals surface area (Å²) in [6.07, 6.45) is 4.51. The fourth-order valence-electron chi connectivity index (χ4n) is 3.33. The van der Waals surface area contributed by atoms with E-state index >= 15 is 0 Å². The summed E-state index contributed by atoms with van der Waals surface area (Å²) in [5, 5.41) is 15.7. The molecule has 0 bridgehead atoms. The number of aryl methyl sites for hydroxylation is 2. The van der Waals surface area contributed by atoms with Crippen molar-refractivity contribution in [1.29, 1.82) is 5.26 Å². The number of ether oxygens (including phenoxy) is 1. The Balaban J connectivity index is 1.34. The van der Waals surface area contributed by atoms with Gasteiger partial charge in [-0.2, -0.15) is 5.26 Å². The fourth-order valence-corrected chi connectivity index (χ4v) is 4.85. The van der Waals surface area contributed by atoms with Gasteiger partial charge in [-0.25, -0.2) is 0 Å². The van der Waals surface area contributed by atoms with E-state index in [-0.39, 0.29) is 23.9 Å². The van der Waals surface area contributed by atoms with Crippen LogP contribution in [0.25, 0.3) is 0 Å². The van der Waals surface area contributed by atoms with E-state index in [1.165, 1.54) is 21.8 Å². The molecule has 1 heterocycles. The predicted octanol–water partition coefficient (Wildman–Crippen LogP) is 3.88. The van der Waals surface area contributed by atoms with E-state index in [1.807, 2.05) is 30.3 Å². The Hall–Kier alpha value is -2.76. The number of carbonyl (C=O) groups is 2. The van der Waals surface area contributed by atoms with Crippen LogP contribution in [0.15, 0.2) is 30.3 Å². The molecule has 0 aliphatic heterocycles. The Bertz CT molecular complexity index is 964. The molecule has 156 valence electrons. The molecule has 0 radical (unpaired) electrons. The molecule has 2 N–H and O–H groups in total. The van der Waals surface area contributed by atoms with E-state index in [0.29, 0.717) is 17.2 Å². The minimum Gasteiger partial charge on any atom is -0.466 e. The smallest absolute Gasteiger partial charge is 0.306 e. The van der Waals surface area contributed by atoms with E-state index in [9.17, 15) is 14.9 Å². The fraction of sp³-hybridized carbons (Fsp3) is 0.364. The zero-order valence-corrected chi connectivity index (χ0v) is 18.2. The lowest BCUT2D eigenvalue weighted by atomic mass is 10.1.